The van der Waals surface area contributed by atoms with Crippen molar-refractivity contribution in [2.24, 2.45) is 0 Å². The van der Waals surface area contributed by atoms with Crippen LogP contribution >= 0.6 is 0 Å². The molecule has 0 atom stereocenters. The number of aryl methyl sites for hydroxylation is 1. The quantitative estimate of drug-likeness (QED) is 0.791. The van der Waals surface area contributed by atoms with Crippen molar-refractivity contribution in [1.82, 2.24) is 0 Å². The standard InChI is InChI=1S/C16H19FN2/c1-10(2)12-5-4-11(3)16(8-12)19-13-6-7-15(18)14(17)9-13/h4-10,19H,18H2,1-3H3. The van der Waals surface area contributed by atoms with Gasteiger partial charge in [0.1, 0.15) is 5.82 Å². The van der Waals surface area contributed by atoms with Crippen LogP contribution in [0.25, 0.3) is 0 Å². The second-order valence-electron chi connectivity index (χ2n) is 5.09. The van der Waals surface area contributed by atoms with Crippen molar-refractivity contribution in [3.05, 3.63) is 53.3 Å². The van der Waals surface area contributed by atoms with Crippen LogP contribution in [-0.2, 0) is 0 Å². The second-order valence-corrected chi connectivity index (χ2v) is 5.09. The van der Waals surface area contributed by atoms with E-state index in [9.17, 15) is 4.39 Å². The summed E-state index contributed by atoms with van der Waals surface area (Å²) in [6, 6.07) is 11.1. The first-order valence-corrected chi connectivity index (χ1v) is 6.40. The lowest BCUT2D eigenvalue weighted by Gasteiger charge is -2.13. The van der Waals surface area contributed by atoms with Crippen molar-refractivity contribution >= 4 is 17.1 Å². The lowest BCUT2D eigenvalue weighted by atomic mass is 10.0. The number of hydrogen-bond acceptors (Lipinski definition) is 2. The van der Waals surface area contributed by atoms with Crippen LogP contribution in [-0.4, -0.2) is 0 Å². The smallest absolute Gasteiger partial charge is 0.148 e. The monoisotopic (exact) mass is 258 g/mol. The minimum absolute atomic E-state index is 0.165. The van der Waals surface area contributed by atoms with Crippen molar-refractivity contribution in [2.75, 3.05) is 11.1 Å². The van der Waals surface area contributed by atoms with Crippen molar-refractivity contribution in [3.8, 4) is 0 Å². The fourth-order valence-electron chi connectivity index (χ4n) is 1.89. The predicted molar refractivity (Wildman–Crippen MR) is 79.4 cm³/mol. The largest absolute Gasteiger partial charge is 0.396 e. The number of nitrogens with two attached hydrogens (primary N) is 1. The third kappa shape index (κ3) is 3.05. The molecular weight excluding hydrogens is 239 g/mol. The first-order valence-electron chi connectivity index (χ1n) is 6.40. The minimum atomic E-state index is -0.400. The molecule has 2 aromatic rings. The second kappa shape index (κ2) is 5.31. The summed E-state index contributed by atoms with van der Waals surface area (Å²) >= 11 is 0. The maximum atomic E-state index is 13.4. The summed E-state index contributed by atoms with van der Waals surface area (Å²) in [5.41, 5.74) is 9.72. The molecule has 3 N–H and O–H groups in total. The summed E-state index contributed by atoms with van der Waals surface area (Å²) in [4.78, 5) is 0. The van der Waals surface area contributed by atoms with Crippen LogP contribution in [0, 0.1) is 12.7 Å². The fraction of sp³-hybridized carbons (Fsp3) is 0.250. The summed E-state index contributed by atoms with van der Waals surface area (Å²) in [5.74, 6) is 0.0620. The molecule has 0 heterocycles. The predicted octanol–water partition coefficient (Wildman–Crippen LogP) is 4.58. The summed E-state index contributed by atoms with van der Waals surface area (Å²) in [6.45, 7) is 6.33. The third-order valence-corrected chi connectivity index (χ3v) is 3.21. The molecule has 0 aromatic heterocycles. The van der Waals surface area contributed by atoms with Crippen LogP contribution < -0.4 is 11.1 Å². The number of halogens is 1. The lowest BCUT2D eigenvalue weighted by molar-refractivity contribution is 0.633. The normalized spacial score (nSPS) is 10.8. The first kappa shape index (κ1) is 13.4. The van der Waals surface area contributed by atoms with Gasteiger partial charge in [0, 0.05) is 11.4 Å². The van der Waals surface area contributed by atoms with Gasteiger partial charge in [-0.1, -0.05) is 26.0 Å². The molecule has 0 radical (unpaired) electrons. The van der Waals surface area contributed by atoms with E-state index in [1.54, 1.807) is 12.1 Å². The Morgan fingerprint density at radius 1 is 1.11 bits per heavy atom. The molecule has 0 unspecified atom stereocenters. The average molecular weight is 258 g/mol. The molecule has 0 amide bonds. The van der Waals surface area contributed by atoms with E-state index in [2.05, 4.69) is 37.4 Å². The van der Waals surface area contributed by atoms with Gasteiger partial charge in [0.25, 0.3) is 0 Å². The summed E-state index contributed by atoms with van der Waals surface area (Å²) in [6.07, 6.45) is 0. The molecular formula is C16H19FN2. The molecule has 0 saturated carbocycles. The first-order chi connectivity index (χ1) is 8.97. The van der Waals surface area contributed by atoms with Crippen LogP contribution in [0.1, 0.15) is 30.9 Å². The molecule has 0 fully saturated rings. The SMILES string of the molecule is Cc1ccc(C(C)C)cc1Nc1ccc(N)c(F)c1. The molecule has 100 valence electrons. The van der Waals surface area contributed by atoms with E-state index >= 15 is 0 Å². The highest BCUT2D eigenvalue weighted by Crippen LogP contribution is 2.26. The van der Waals surface area contributed by atoms with Crippen LogP contribution in [0.3, 0.4) is 0 Å². The molecule has 2 rings (SSSR count). The van der Waals surface area contributed by atoms with Crippen LogP contribution in [0.5, 0.6) is 0 Å². The van der Waals surface area contributed by atoms with E-state index in [1.165, 1.54) is 11.6 Å². The Kier molecular flexibility index (Phi) is 3.74. The van der Waals surface area contributed by atoms with Gasteiger partial charge in [-0.05, 0) is 48.2 Å². The molecule has 3 heteroatoms. The Balaban J connectivity index is 2.31. The number of hydrogen-bond donors (Lipinski definition) is 2. The van der Waals surface area contributed by atoms with Gasteiger partial charge in [-0.3, -0.25) is 0 Å². The zero-order chi connectivity index (χ0) is 14.0. The molecule has 2 nitrogen and oxygen atoms in total. The summed E-state index contributed by atoms with van der Waals surface area (Å²) in [7, 11) is 0. The number of nitrogens with one attached hydrogen (secondary N) is 1. The maximum Gasteiger partial charge on any atom is 0.148 e. The summed E-state index contributed by atoms with van der Waals surface area (Å²) in [5, 5.41) is 3.24. The highest BCUT2D eigenvalue weighted by atomic mass is 19.1. The summed E-state index contributed by atoms with van der Waals surface area (Å²) < 4.78 is 13.4. The topological polar surface area (TPSA) is 38.0 Å². The zero-order valence-corrected chi connectivity index (χ0v) is 11.5. The molecule has 0 bridgehead atoms. The van der Waals surface area contributed by atoms with Crippen LogP contribution in [0.15, 0.2) is 36.4 Å². The molecule has 2 aromatic carbocycles. The Morgan fingerprint density at radius 2 is 1.84 bits per heavy atom. The van der Waals surface area contributed by atoms with Gasteiger partial charge in [-0.15, -0.1) is 0 Å². The van der Waals surface area contributed by atoms with Gasteiger partial charge in [-0.25, -0.2) is 4.39 Å². The van der Waals surface area contributed by atoms with E-state index in [0.29, 0.717) is 11.6 Å². The van der Waals surface area contributed by atoms with Gasteiger partial charge in [0.2, 0.25) is 0 Å². The lowest BCUT2D eigenvalue weighted by Crippen LogP contribution is -1.98. The van der Waals surface area contributed by atoms with Crippen LogP contribution in [0.2, 0.25) is 0 Å². The maximum absolute atomic E-state index is 13.4. The van der Waals surface area contributed by atoms with Crippen molar-refractivity contribution < 1.29 is 4.39 Å². The molecule has 0 aliphatic rings. The van der Waals surface area contributed by atoms with E-state index < -0.39 is 5.82 Å². The molecule has 0 saturated heterocycles. The zero-order valence-electron chi connectivity index (χ0n) is 11.5. The number of anilines is 3. The van der Waals surface area contributed by atoms with Gasteiger partial charge in [0.05, 0.1) is 5.69 Å². The van der Waals surface area contributed by atoms with Gasteiger partial charge in [0.15, 0.2) is 0 Å². The van der Waals surface area contributed by atoms with Gasteiger partial charge >= 0.3 is 0 Å². The molecule has 19 heavy (non-hydrogen) atoms. The van der Waals surface area contributed by atoms with Crippen molar-refractivity contribution in [1.29, 1.82) is 0 Å². The van der Waals surface area contributed by atoms with Gasteiger partial charge < -0.3 is 11.1 Å². The minimum Gasteiger partial charge on any atom is -0.396 e. The van der Waals surface area contributed by atoms with E-state index in [0.717, 1.165) is 11.3 Å². The van der Waals surface area contributed by atoms with Crippen molar-refractivity contribution in [2.45, 2.75) is 26.7 Å². The Morgan fingerprint density at radius 3 is 2.47 bits per heavy atom. The highest BCUT2D eigenvalue weighted by molar-refractivity contribution is 5.65. The Labute approximate surface area is 113 Å². The van der Waals surface area contributed by atoms with E-state index in [4.69, 9.17) is 5.73 Å². The molecule has 0 aliphatic carbocycles. The Bertz CT molecular complexity index is 591. The highest BCUT2D eigenvalue weighted by Gasteiger charge is 2.05. The number of benzene rings is 2. The van der Waals surface area contributed by atoms with Crippen molar-refractivity contribution in [3.63, 3.8) is 0 Å². The third-order valence-electron chi connectivity index (χ3n) is 3.21. The Hall–Kier alpha value is -2.03. The molecule has 0 aliphatic heterocycles. The number of nitrogen functional groups attached to an aromatic ring is 1. The van der Waals surface area contributed by atoms with E-state index in [1.807, 2.05) is 6.92 Å². The number of rotatable bonds is 3. The van der Waals surface area contributed by atoms with Gasteiger partial charge in [-0.2, -0.15) is 0 Å². The average Bonchev–Trinajstić information content (AvgIpc) is 2.36. The fourth-order valence-corrected chi connectivity index (χ4v) is 1.89. The van der Waals surface area contributed by atoms with E-state index in [-0.39, 0.29) is 5.69 Å². The molecule has 0 spiro atoms. The van der Waals surface area contributed by atoms with Crippen LogP contribution in [0.4, 0.5) is 21.5 Å².